The van der Waals surface area contributed by atoms with Crippen LogP contribution in [-0.4, -0.2) is 4.89 Å². The second-order valence-corrected chi connectivity index (χ2v) is 15.2. The summed E-state index contributed by atoms with van der Waals surface area (Å²) >= 11 is 0. The van der Waals surface area contributed by atoms with Gasteiger partial charge in [-0.1, -0.05) is 90.1 Å². The third-order valence-corrected chi connectivity index (χ3v) is 13.2. The van der Waals surface area contributed by atoms with Crippen molar-refractivity contribution in [3.05, 3.63) is 59.7 Å². The minimum Gasteiger partial charge on any atom is -0.328 e. The molecular formula is C32H41O3P. The fourth-order valence-corrected chi connectivity index (χ4v) is 12.3. The highest BCUT2D eigenvalue weighted by Crippen LogP contribution is 2.80. The van der Waals surface area contributed by atoms with Gasteiger partial charge in [-0.05, 0) is 72.6 Å². The van der Waals surface area contributed by atoms with Crippen LogP contribution in [0, 0.1) is 33.5 Å². The van der Waals surface area contributed by atoms with Crippen LogP contribution in [0.5, 0.6) is 0 Å². The van der Waals surface area contributed by atoms with E-state index in [9.17, 15) is 4.89 Å². The zero-order valence-electron chi connectivity index (χ0n) is 22.7. The molecule has 192 valence electrons. The van der Waals surface area contributed by atoms with Gasteiger partial charge in [0.25, 0.3) is 0 Å². The second kappa shape index (κ2) is 7.03. The Hall–Kier alpha value is -1.25. The van der Waals surface area contributed by atoms with Crippen LogP contribution in [0.3, 0.4) is 0 Å². The Morgan fingerprint density at radius 3 is 1.42 bits per heavy atom. The summed E-state index contributed by atoms with van der Waals surface area (Å²) in [6.07, 6.45) is 6.97. The predicted molar refractivity (Wildman–Crippen MR) is 145 cm³/mol. The molecule has 4 saturated carbocycles. The molecule has 6 atom stereocenters. The lowest BCUT2D eigenvalue weighted by molar-refractivity contribution is -0.169. The molecule has 0 amide bonds. The highest BCUT2D eigenvalue weighted by atomic mass is 31.2. The SMILES string of the molecule is CC1(C)[C@H]2CC[C@](C)(C2)[C@@]12OP(O)O[C@@]1(c3ccccc3-c3ccccc32)C(C)(C)[C@H]2CC[C@]1(C)C2. The lowest BCUT2D eigenvalue weighted by Crippen LogP contribution is -2.54. The van der Waals surface area contributed by atoms with Crippen molar-refractivity contribution in [3.63, 3.8) is 0 Å². The fourth-order valence-electron chi connectivity index (χ4n) is 10.7. The molecule has 0 saturated heterocycles. The number of benzene rings is 2. The van der Waals surface area contributed by atoms with E-state index < -0.39 is 19.8 Å². The van der Waals surface area contributed by atoms with Gasteiger partial charge in [0, 0.05) is 21.7 Å². The minimum atomic E-state index is -2.12. The van der Waals surface area contributed by atoms with Gasteiger partial charge in [0.15, 0.2) is 0 Å². The van der Waals surface area contributed by atoms with Crippen molar-refractivity contribution in [2.24, 2.45) is 33.5 Å². The Kier molecular flexibility index (Phi) is 4.66. The van der Waals surface area contributed by atoms with Crippen molar-refractivity contribution < 1.29 is 13.9 Å². The van der Waals surface area contributed by atoms with Crippen LogP contribution in [0.15, 0.2) is 48.5 Å². The first-order valence-electron chi connectivity index (χ1n) is 14.0. The molecule has 0 radical (unpaired) electrons. The van der Waals surface area contributed by atoms with Gasteiger partial charge in [0.2, 0.25) is 0 Å². The van der Waals surface area contributed by atoms with Gasteiger partial charge in [-0.15, -0.1) is 0 Å². The Bertz CT molecular complexity index is 1140. The molecule has 0 aromatic heterocycles. The van der Waals surface area contributed by atoms with Crippen molar-refractivity contribution in [2.75, 3.05) is 0 Å². The summed E-state index contributed by atoms with van der Waals surface area (Å²) in [5, 5.41) is 0. The third-order valence-electron chi connectivity index (χ3n) is 12.4. The summed E-state index contributed by atoms with van der Waals surface area (Å²) < 4.78 is 14.3. The summed E-state index contributed by atoms with van der Waals surface area (Å²) in [6.45, 7) is 14.3. The topological polar surface area (TPSA) is 38.7 Å². The predicted octanol–water partition coefficient (Wildman–Crippen LogP) is 8.70. The molecule has 1 aliphatic heterocycles. The number of fused-ring (bicyclic) bond motifs is 11. The van der Waals surface area contributed by atoms with Crippen LogP contribution in [0.1, 0.15) is 91.2 Å². The van der Waals surface area contributed by atoms with Gasteiger partial charge in [-0.2, -0.15) is 0 Å². The van der Waals surface area contributed by atoms with Crippen molar-refractivity contribution in [1.82, 2.24) is 0 Å². The van der Waals surface area contributed by atoms with Crippen LogP contribution >= 0.6 is 8.60 Å². The smallest absolute Gasteiger partial charge is 0.328 e. The number of hydrogen-bond acceptors (Lipinski definition) is 3. The molecule has 0 unspecified atom stereocenters. The molecule has 2 spiro atoms. The summed E-state index contributed by atoms with van der Waals surface area (Å²) in [7, 11) is -2.12. The third kappa shape index (κ3) is 2.42. The molecule has 3 nitrogen and oxygen atoms in total. The largest absolute Gasteiger partial charge is 0.331 e. The van der Waals surface area contributed by atoms with E-state index in [1.165, 1.54) is 35.1 Å². The Labute approximate surface area is 218 Å². The average molecular weight is 505 g/mol. The summed E-state index contributed by atoms with van der Waals surface area (Å²) in [6, 6.07) is 17.8. The minimum absolute atomic E-state index is 0.0511. The van der Waals surface area contributed by atoms with Gasteiger partial charge in [-0.3, -0.25) is 9.05 Å². The zero-order chi connectivity index (χ0) is 25.4. The van der Waals surface area contributed by atoms with Crippen molar-refractivity contribution >= 4 is 8.60 Å². The monoisotopic (exact) mass is 504 g/mol. The van der Waals surface area contributed by atoms with Crippen LogP contribution in [0.4, 0.5) is 0 Å². The molecule has 4 heteroatoms. The van der Waals surface area contributed by atoms with E-state index in [0.717, 1.165) is 25.7 Å². The molecule has 7 rings (SSSR count). The maximum Gasteiger partial charge on any atom is 0.331 e. The van der Waals surface area contributed by atoms with Crippen molar-refractivity contribution in [1.29, 1.82) is 0 Å². The quantitative estimate of drug-likeness (QED) is 0.365. The van der Waals surface area contributed by atoms with Crippen molar-refractivity contribution in [3.8, 4) is 11.1 Å². The van der Waals surface area contributed by atoms with E-state index >= 15 is 0 Å². The lowest BCUT2D eigenvalue weighted by Gasteiger charge is -2.56. The van der Waals surface area contributed by atoms with E-state index in [4.69, 9.17) is 9.05 Å². The molecule has 4 aliphatic carbocycles. The van der Waals surface area contributed by atoms with Gasteiger partial charge in [-0.25, -0.2) is 0 Å². The fraction of sp³-hybridized carbons (Fsp3) is 0.625. The van der Waals surface area contributed by atoms with Gasteiger partial charge in [0.05, 0.1) is 0 Å². The average Bonchev–Trinajstić information content (AvgIpc) is 3.52. The first kappa shape index (κ1) is 23.8. The number of rotatable bonds is 0. The molecule has 5 aliphatic rings. The van der Waals surface area contributed by atoms with Gasteiger partial charge in [0.1, 0.15) is 11.2 Å². The molecule has 36 heavy (non-hydrogen) atoms. The Morgan fingerprint density at radius 1 is 0.667 bits per heavy atom. The van der Waals surface area contributed by atoms with E-state index in [2.05, 4.69) is 90.1 Å². The first-order chi connectivity index (χ1) is 16.9. The molecular weight excluding hydrogens is 463 g/mol. The molecule has 1 heterocycles. The summed E-state index contributed by atoms with van der Waals surface area (Å²) in [4.78, 5) is 12.0. The van der Waals surface area contributed by atoms with E-state index in [1.807, 2.05) is 0 Å². The highest BCUT2D eigenvalue weighted by Gasteiger charge is 2.75. The molecule has 4 fully saturated rings. The maximum absolute atomic E-state index is 12.0. The molecule has 1 N–H and O–H groups in total. The zero-order valence-corrected chi connectivity index (χ0v) is 23.6. The van der Waals surface area contributed by atoms with E-state index in [1.54, 1.807) is 0 Å². The Balaban J connectivity index is 1.58. The molecule has 4 bridgehead atoms. The standard InChI is InChI=1S/C32H41O3P/c1-27(2)21-15-17-29(5,19-21)31(27)25-13-9-7-11-23(25)24-12-8-10-14-26(24)32(35-36(33)34-31)28(3,4)22-16-18-30(32,6)20-22/h7-14,21-22,33H,15-20H2,1-6H3/t21-,22-,29+,30+,31-,32-/m0/s1. The van der Waals surface area contributed by atoms with Crippen LogP contribution in [0.25, 0.3) is 11.1 Å². The summed E-state index contributed by atoms with van der Waals surface area (Å²) in [5.74, 6) is 1.14. The Morgan fingerprint density at radius 2 is 1.06 bits per heavy atom. The number of hydrogen-bond donors (Lipinski definition) is 1. The molecule has 2 aromatic rings. The van der Waals surface area contributed by atoms with Crippen molar-refractivity contribution in [2.45, 2.75) is 91.3 Å². The highest BCUT2D eigenvalue weighted by molar-refractivity contribution is 7.40. The van der Waals surface area contributed by atoms with Gasteiger partial charge < -0.3 is 4.89 Å². The molecule has 2 aromatic carbocycles. The second-order valence-electron chi connectivity index (χ2n) is 14.3. The maximum atomic E-state index is 12.0. The van der Waals surface area contributed by atoms with Crippen LogP contribution < -0.4 is 0 Å². The first-order valence-corrected chi connectivity index (χ1v) is 15.1. The van der Waals surface area contributed by atoms with Crippen LogP contribution in [-0.2, 0) is 20.2 Å². The van der Waals surface area contributed by atoms with E-state index in [-0.39, 0.29) is 21.7 Å². The van der Waals surface area contributed by atoms with Gasteiger partial charge >= 0.3 is 8.60 Å². The van der Waals surface area contributed by atoms with Crippen LogP contribution in [0.2, 0.25) is 0 Å². The van der Waals surface area contributed by atoms with E-state index in [0.29, 0.717) is 11.8 Å². The lowest BCUT2D eigenvalue weighted by atomic mass is 9.55. The summed E-state index contributed by atoms with van der Waals surface area (Å²) in [5.41, 5.74) is 3.42. The normalized spacial score (nSPS) is 43.9.